The van der Waals surface area contributed by atoms with Crippen molar-refractivity contribution >= 4 is 15.9 Å². The number of nitrogens with zero attached hydrogens (tertiary/aromatic N) is 1. The normalized spacial score (nSPS) is 32.6. The largest absolute Gasteiger partial charge is 0.302 e. The van der Waals surface area contributed by atoms with Gasteiger partial charge in [-0.05, 0) is 20.0 Å². The standard InChI is InChI=1S/C5H10BrN/c1-7-3-2-5(7)4-6/h5H,2-4H2,1H3/t5-/m0/s1. The van der Waals surface area contributed by atoms with E-state index in [-0.39, 0.29) is 0 Å². The summed E-state index contributed by atoms with van der Waals surface area (Å²) in [4.78, 5) is 2.36. The summed E-state index contributed by atoms with van der Waals surface area (Å²) in [6, 6.07) is 0.833. The SMILES string of the molecule is CN1CC[C@H]1CBr. The van der Waals surface area contributed by atoms with Crippen LogP contribution in [0.15, 0.2) is 0 Å². The molecule has 1 nitrogen and oxygen atoms in total. The first-order chi connectivity index (χ1) is 3.34. The van der Waals surface area contributed by atoms with Gasteiger partial charge < -0.3 is 4.90 Å². The Labute approximate surface area is 52.8 Å². The van der Waals surface area contributed by atoms with Crippen LogP contribution in [0.5, 0.6) is 0 Å². The first-order valence-electron chi connectivity index (χ1n) is 2.61. The summed E-state index contributed by atoms with van der Waals surface area (Å²) in [5.41, 5.74) is 0. The molecule has 1 aliphatic heterocycles. The molecule has 0 saturated carbocycles. The molecule has 0 amide bonds. The van der Waals surface area contributed by atoms with Gasteiger partial charge in [0.2, 0.25) is 0 Å². The molecule has 0 bridgehead atoms. The molecule has 1 aliphatic rings. The third-order valence-corrected chi connectivity index (χ3v) is 2.36. The maximum atomic E-state index is 3.42. The van der Waals surface area contributed by atoms with E-state index in [2.05, 4.69) is 27.9 Å². The Morgan fingerprint density at radius 3 is 2.57 bits per heavy atom. The van der Waals surface area contributed by atoms with Crippen LogP contribution >= 0.6 is 15.9 Å². The molecule has 0 aromatic heterocycles. The molecular weight excluding hydrogens is 154 g/mol. The van der Waals surface area contributed by atoms with Crippen molar-refractivity contribution in [3.8, 4) is 0 Å². The van der Waals surface area contributed by atoms with Gasteiger partial charge in [-0.3, -0.25) is 0 Å². The summed E-state index contributed by atoms with van der Waals surface area (Å²) in [6.07, 6.45) is 1.38. The molecule has 1 heterocycles. The molecule has 7 heavy (non-hydrogen) atoms. The van der Waals surface area contributed by atoms with Crippen molar-refractivity contribution < 1.29 is 0 Å². The molecule has 0 N–H and O–H groups in total. The summed E-state index contributed by atoms with van der Waals surface area (Å²) < 4.78 is 0. The highest BCUT2D eigenvalue weighted by Gasteiger charge is 2.21. The smallest absolute Gasteiger partial charge is 0.0201 e. The number of rotatable bonds is 1. The lowest BCUT2D eigenvalue weighted by Crippen LogP contribution is -2.45. The number of alkyl halides is 1. The molecule has 0 radical (unpaired) electrons. The van der Waals surface area contributed by atoms with E-state index < -0.39 is 0 Å². The predicted octanol–water partition coefficient (Wildman–Crippen LogP) is 1.09. The molecule has 1 saturated heterocycles. The van der Waals surface area contributed by atoms with Crippen LogP contribution < -0.4 is 0 Å². The Hall–Kier alpha value is 0.440. The van der Waals surface area contributed by atoms with Crippen LogP contribution in [-0.4, -0.2) is 29.9 Å². The lowest BCUT2D eigenvalue weighted by atomic mass is 10.1. The molecule has 1 rings (SSSR count). The van der Waals surface area contributed by atoms with Crippen LogP contribution in [-0.2, 0) is 0 Å². The first-order valence-corrected chi connectivity index (χ1v) is 3.73. The second-order valence-electron chi connectivity index (χ2n) is 2.08. The molecule has 0 aromatic rings. The van der Waals surface area contributed by atoms with Gasteiger partial charge in [-0.2, -0.15) is 0 Å². The quantitative estimate of drug-likeness (QED) is 0.524. The zero-order valence-corrected chi connectivity index (χ0v) is 6.11. The highest BCUT2D eigenvalue weighted by atomic mass is 79.9. The second-order valence-corrected chi connectivity index (χ2v) is 2.72. The molecule has 42 valence electrons. The van der Waals surface area contributed by atoms with Crippen LogP contribution in [0.1, 0.15) is 6.42 Å². The molecule has 0 aromatic carbocycles. The van der Waals surface area contributed by atoms with E-state index >= 15 is 0 Å². The van der Waals surface area contributed by atoms with Crippen LogP contribution in [0.4, 0.5) is 0 Å². The summed E-state index contributed by atoms with van der Waals surface area (Å²) in [6.45, 7) is 1.29. The summed E-state index contributed by atoms with van der Waals surface area (Å²) in [5, 5.41) is 1.14. The minimum atomic E-state index is 0.833. The van der Waals surface area contributed by atoms with Gasteiger partial charge >= 0.3 is 0 Å². The highest BCUT2D eigenvalue weighted by Crippen LogP contribution is 2.15. The van der Waals surface area contributed by atoms with Gasteiger partial charge in [-0.15, -0.1) is 0 Å². The van der Waals surface area contributed by atoms with Gasteiger partial charge in [0.15, 0.2) is 0 Å². The van der Waals surface area contributed by atoms with Crippen LogP contribution in [0, 0.1) is 0 Å². The van der Waals surface area contributed by atoms with Gasteiger partial charge in [-0.25, -0.2) is 0 Å². The van der Waals surface area contributed by atoms with Crippen molar-refractivity contribution in [2.75, 3.05) is 18.9 Å². The third kappa shape index (κ3) is 0.970. The van der Waals surface area contributed by atoms with E-state index in [0.717, 1.165) is 11.4 Å². The second kappa shape index (κ2) is 2.14. The van der Waals surface area contributed by atoms with E-state index in [4.69, 9.17) is 0 Å². The molecule has 2 heteroatoms. The van der Waals surface area contributed by atoms with E-state index in [9.17, 15) is 0 Å². The lowest BCUT2D eigenvalue weighted by Gasteiger charge is -2.36. The van der Waals surface area contributed by atoms with Gasteiger partial charge in [-0.1, -0.05) is 15.9 Å². The van der Waals surface area contributed by atoms with Crippen molar-refractivity contribution in [3.05, 3.63) is 0 Å². The highest BCUT2D eigenvalue weighted by molar-refractivity contribution is 9.09. The average Bonchev–Trinajstić information content (AvgIpc) is 1.65. The molecule has 0 unspecified atom stereocenters. The minimum absolute atomic E-state index is 0.833. The molecule has 1 atom stereocenters. The van der Waals surface area contributed by atoms with Gasteiger partial charge in [0.25, 0.3) is 0 Å². The molecular formula is C5H10BrN. The lowest BCUT2D eigenvalue weighted by molar-refractivity contribution is 0.147. The van der Waals surface area contributed by atoms with Gasteiger partial charge in [0.1, 0.15) is 0 Å². The topological polar surface area (TPSA) is 3.24 Å². The minimum Gasteiger partial charge on any atom is -0.302 e. The molecule has 0 aliphatic carbocycles. The van der Waals surface area contributed by atoms with Crippen molar-refractivity contribution in [1.82, 2.24) is 4.90 Å². The molecule has 1 fully saturated rings. The monoisotopic (exact) mass is 163 g/mol. The fourth-order valence-corrected chi connectivity index (χ4v) is 1.58. The summed E-state index contributed by atoms with van der Waals surface area (Å²) in [5.74, 6) is 0. The van der Waals surface area contributed by atoms with Crippen LogP contribution in [0.3, 0.4) is 0 Å². The number of likely N-dealkylation sites (tertiary alicyclic amines) is 1. The van der Waals surface area contributed by atoms with Crippen LogP contribution in [0.2, 0.25) is 0 Å². The predicted molar refractivity (Wildman–Crippen MR) is 34.8 cm³/mol. The summed E-state index contributed by atoms with van der Waals surface area (Å²) in [7, 11) is 2.16. The number of halogens is 1. The Bertz CT molecular complexity index is 63.1. The van der Waals surface area contributed by atoms with E-state index in [1.54, 1.807) is 0 Å². The molecule has 0 spiro atoms. The van der Waals surface area contributed by atoms with Gasteiger partial charge in [0.05, 0.1) is 0 Å². The van der Waals surface area contributed by atoms with Crippen molar-refractivity contribution in [3.63, 3.8) is 0 Å². The number of hydrogen-bond acceptors (Lipinski definition) is 1. The van der Waals surface area contributed by atoms with Gasteiger partial charge in [0, 0.05) is 11.4 Å². The first kappa shape index (κ1) is 5.57. The fourth-order valence-electron chi connectivity index (χ4n) is 0.765. The zero-order valence-electron chi connectivity index (χ0n) is 4.52. The van der Waals surface area contributed by atoms with Crippen LogP contribution in [0.25, 0.3) is 0 Å². The van der Waals surface area contributed by atoms with E-state index in [0.29, 0.717) is 0 Å². The Morgan fingerprint density at radius 1 is 1.86 bits per heavy atom. The Balaban J connectivity index is 2.16. The van der Waals surface area contributed by atoms with Crippen molar-refractivity contribution in [2.24, 2.45) is 0 Å². The maximum Gasteiger partial charge on any atom is 0.0201 e. The van der Waals surface area contributed by atoms with E-state index in [1.165, 1.54) is 13.0 Å². The Morgan fingerprint density at radius 2 is 2.57 bits per heavy atom. The maximum absolute atomic E-state index is 3.42. The Kier molecular flexibility index (Phi) is 1.70. The number of hydrogen-bond donors (Lipinski definition) is 0. The van der Waals surface area contributed by atoms with E-state index in [1.807, 2.05) is 0 Å². The average molecular weight is 164 g/mol. The zero-order chi connectivity index (χ0) is 5.28. The fraction of sp³-hybridized carbons (Fsp3) is 1.00. The third-order valence-electron chi connectivity index (χ3n) is 1.62. The van der Waals surface area contributed by atoms with Crippen molar-refractivity contribution in [1.29, 1.82) is 0 Å². The van der Waals surface area contributed by atoms with Crippen molar-refractivity contribution in [2.45, 2.75) is 12.5 Å². The summed E-state index contributed by atoms with van der Waals surface area (Å²) >= 11 is 3.42.